The van der Waals surface area contributed by atoms with Crippen LogP contribution in [0.15, 0.2) is 24.3 Å². The van der Waals surface area contributed by atoms with E-state index in [2.05, 4.69) is 5.32 Å². The third-order valence-electron chi connectivity index (χ3n) is 6.22. The predicted octanol–water partition coefficient (Wildman–Crippen LogP) is 2.29. The fourth-order valence-corrected chi connectivity index (χ4v) is 4.75. The van der Waals surface area contributed by atoms with Crippen LogP contribution in [0.2, 0.25) is 5.02 Å². The summed E-state index contributed by atoms with van der Waals surface area (Å²) in [7, 11) is 1.79. The zero-order valence-electron chi connectivity index (χ0n) is 14.5. The fourth-order valence-electron chi connectivity index (χ4n) is 4.51. The highest BCUT2D eigenvalue weighted by atomic mass is 35.5. The van der Waals surface area contributed by atoms with E-state index in [9.17, 15) is 9.59 Å². The van der Waals surface area contributed by atoms with Crippen LogP contribution in [-0.4, -0.2) is 49.4 Å². The van der Waals surface area contributed by atoms with Gasteiger partial charge in [0.05, 0.1) is 10.7 Å². The summed E-state index contributed by atoms with van der Waals surface area (Å²) in [5, 5.41) is 3.93. The lowest BCUT2D eigenvalue weighted by molar-refractivity contribution is -0.138. The molecular formula is C19H24ClN3O2. The molecule has 1 aromatic rings. The SMILES string of the molecule is CN(C(=O)[C@H]1CC12CCNCC2)[C@H]1CCN(c2ccccc2Cl)C1=O. The van der Waals surface area contributed by atoms with Crippen LogP contribution >= 0.6 is 11.6 Å². The van der Waals surface area contributed by atoms with Crippen LogP contribution in [0.3, 0.4) is 0 Å². The number of likely N-dealkylation sites (N-methyl/N-ethyl adjacent to an activating group) is 1. The number of rotatable bonds is 3. The number of amides is 2. The van der Waals surface area contributed by atoms with E-state index in [1.54, 1.807) is 22.9 Å². The van der Waals surface area contributed by atoms with Crippen molar-refractivity contribution in [1.82, 2.24) is 10.2 Å². The van der Waals surface area contributed by atoms with Crippen molar-refractivity contribution in [2.45, 2.75) is 31.7 Å². The third kappa shape index (κ3) is 2.83. The Morgan fingerprint density at radius 1 is 1.32 bits per heavy atom. The average molecular weight is 362 g/mol. The number of nitrogens with zero attached hydrogens (tertiary/aromatic N) is 2. The van der Waals surface area contributed by atoms with Crippen LogP contribution in [0, 0.1) is 11.3 Å². The molecule has 5 nitrogen and oxygen atoms in total. The van der Waals surface area contributed by atoms with Gasteiger partial charge in [-0.2, -0.15) is 0 Å². The average Bonchev–Trinajstić information content (AvgIpc) is 3.17. The molecule has 1 spiro atoms. The van der Waals surface area contributed by atoms with Gasteiger partial charge in [0.1, 0.15) is 6.04 Å². The van der Waals surface area contributed by atoms with Crippen LogP contribution in [0.1, 0.15) is 25.7 Å². The van der Waals surface area contributed by atoms with Crippen LogP contribution in [0.25, 0.3) is 0 Å². The first kappa shape index (κ1) is 16.9. The summed E-state index contributed by atoms with van der Waals surface area (Å²) in [4.78, 5) is 29.2. The first-order valence-electron chi connectivity index (χ1n) is 9.07. The van der Waals surface area contributed by atoms with Gasteiger partial charge in [-0.1, -0.05) is 23.7 Å². The molecule has 2 heterocycles. The van der Waals surface area contributed by atoms with Crippen molar-refractivity contribution in [2.75, 3.05) is 31.6 Å². The summed E-state index contributed by atoms with van der Waals surface area (Å²) in [6.07, 6.45) is 3.78. The summed E-state index contributed by atoms with van der Waals surface area (Å²) >= 11 is 6.24. The van der Waals surface area contributed by atoms with Crippen molar-refractivity contribution in [1.29, 1.82) is 0 Å². The van der Waals surface area contributed by atoms with E-state index < -0.39 is 0 Å². The molecule has 0 radical (unpaired) electrons. The Morgan fingerprint density at radius 2 is 2.04 bits per heavy atom. The zero-order chi connectivity index (χ0) is 17.6. The summed E-state index contributed by atoms with van der Waals surface area (Å²) in [5.41, 5.74) is 0.930. The van der Waals surface area contributed by atoms with Crippen LogP contribution in [0.4, 0.5) is 5.69 Å². The van der Waals surface area contributed by atoms with E-state index in [0.717, 1.165) is 38.0 Å². The molecule has 134 valence electrons. The maximum atomic E-state index is 12.9. The second-order valence-corrected chi connectivity index (χ2v) is 7.97. The summed E-state index contributed by atoms with van der Waals surface area (Å²) in [6.45, 7) is 2.59. The Kier molecular flexibility index (Phi) is 4.24. The van der Waals surface area contributed by atoms with E-state index in [4.69, 9.17) is 11.6 Å². The van der Waals surface area contributed by atoms with Gasteiger partial charge in [0.25, 0.3) is 0 Å². The van der Waals surface area contributed by atoms with Crippen LogP contribution < -0.4 is 10.2 Å². The first-order valence-corrected chi connectivity index (χ1v) is 9.45. The molecule has 2 aliphatic heterocycles. The Hall–Kier alpha value is -1.59. The summed E-state index contributed by atoms with van der Waals surface area (Å²) in [5.74, 6) is 0.215. The van der Waals surface area contributed by atoms with E-state index >= 15 is 0 Å². The van der Waals surface area contributed by atoms with Gasteiger partial charge in [-0.25, -0.2) is 0 Å². The fraction of sp³-hybridized carbons (Fsp3) is 0.579. The summed E-state index contributed by atoms with van der Waals surface area (Å²) < 4.78 is 0. The van der Waals surface area contributed by atoms with Crippen molar-refractivity contribution in [3.05, 3.63) is 29.3 Å². The molecule has 0 aromatic heterocycles. The van der Waals surface area contributed by atoms with Gasteiger partial charge in [-0.3, -0.25) is 9.59 Å². The molecule has 4 rings (SSSR count). The number of hydrogen-bond donors (Lipinski definition) is 1. The molecule has 2 saturated heterocycles. The van der Waals surface area contributed by atoms with Crippen LogP contribution in [-0.2, 0) is 9.59 Å². The monoisotopic (exact) mass is 361 g/mol. The number of carbonyl (C=O) groups excluding carboxylic acids is 2. The number of piperidine rings is 1. The van der Waals surface area contributed by atoms with E-state index in [0.29, 0.717) is 18.0 Å². The number of anilines is 1. The number of halogens is 1. The van der Waals surface area contributed by atoms with E-state index in [1.807, 2.05) is 18.2 Å². The van der Waals surface area contributed by atoms with Gasteiger partial charge >= 0.3 is 0 Å². The topological polar surface area (TPSA) is 52.7 Å². The van der Waals surface area contributed by atoms with Gasteiger partial charge in [0, 0.05) is 19.5 Å². The Bertz CT molecular complexity index is 702. The highest BCUT2D eigenvalue weighted by Gasteiger charge is 2.59. The Labute approximate surface area is 153 Å². The second kappa shape index (κ2) is 6.29. The predicted molar refractivity (Wildman–Crippen MR) is 97.6 cm³/mol. The minimum absolute atomic E-state index is 0.0241. The molecule has 3 aliphatic rings. The molecule has 1 N–H and O–H groups in total. The molecule has 1 aromatic carbocycles. The quantitative estimate of drug-likeness (QED) is 0.898. The molecule has 0 unspecified atom stereocenters. The molecular weight excluding hydrogens is 338 g/mol. The minimum atomic E-state index is -0.372. The first-order chi connectivity index (χ1) is 12.0. The van der Waals surface area contributed by atoms with Gasteiger partial charge in [-0.05, 0) is 56.3 Å². The largest absolute Gasteiger partial charge is 0.333 e. The molecule has 2 atom stereocenters. The van der Waals surface area contributed by atoms with Crippen molar-refractivity contribution >= 4 is 29.1 Å². The molecule has 6 heteroatoms. The molecule has 0 bridgehead atoms. The lowest BCUT2D eigenvalue weighted by atomic mass is 9.91. The molecule has 3 fully saturated rings. The third-order valence-corrected chi connectivity index (χ3v) is 6.54. The zero-order valence-corrected chi connectivity index (χ0v) is 15.3. The van der Waals surface area contributed by atoms with Gasteiger partial charge in [0.15, 0.2) is 0 Å². The Morgan fingerprint density at radius 3 is 2.76 bits per heavy atom. The Balaban J connectivity index is 1.45. The molecule has 1 saturated carbocycles. The highest BCUT2D eigenvalue weighted by molar-refractivity contribution is 6.34. The van der Waals surface area contributed by atoms with Gasteiger partial charge in [-0.15, -0.1) is 0 Å². The van der Waals surface area contributed by atoms with Crippen LogP contribution in [0.5, 0.6) is 0 Å². The lowest BCUT2D eigenvalue weighted by Gasteiger charge is -2.27. The van der Waals surface area contributed by atoms with Gasteiger partial charge < -0.3 is 15.1 Å². The number of hydrogen-bond acceptors (Lipinski definition) is 3. The lowest BCUT2D eigenvalue weighted by Crippen LogP contribution is -2.44. The summed E-state index contributed by atoms with van der Waals surface area (Å²) in [6, 6.07) is 7.00. The standard InChI is InChI=1S/C19H24ClN3O2/c1-22(17(24)13-12-19(13)7-9-21-10-8-19)16-6-11-23(18(16)25)15-5-3-2-4-14(15)20/h2-5,13,16,21H,6-12H2,1H3/t13-,16+/m1/s1. The number of carbonyl (C=O) groups is 2. The van der Waals surface area contributed by atoms with Crippen molar-refractivity contribution in [3.63, 3.8) is 0 Å². The van der Waals surface area contributed by atoms with E-state index in [1.165, 1.54) is 0 Å². The number of benzene rings is 1. The highest BCUT2D eigenvalue weighted by Crippen LogP contribution is 2.59. The van der Waals surface area contributed by atoms with Crippen molar-refractivity contribution in [3.8, 4) is 0 Å². The minimum Gasteiger partial charge on any atom is -0.333 e. The molecule has 1 aliphatic carbocycles. The second-order valence-electron chi connectivity index (χ2n) is 7.56. The smallest absolute Gasteiger partial charge is 0.249 e. The normalized spacial score (nSPS) is 27.6. The molecule has 25 heavy (non-hydrogen) atoms. The maximum Gasteiger partial charge on any atom is 0.249 e. The number of nitrogens with one attached hydrogen (secondary N) is 1. The molecule has 2 amide bonds. The number of para-hydroxylation sites is 1. The van der Waals surface area contributed by atoms with Crippen molar-refractivity contribution in [2.24, 2.45) is 11.3 Å². The maximum absolute atomic E-state index is 12.9. The van der Waals surface area contributed by atoms with E-state index in [-0.39, 0.29) is 29.2 Å². The van der Waals surface area contributed by atoms with Gasteiger partial charge in [0.2, 0.25) is 11.8 Å². The van der Waals surface area contributed by atoms with Crippen molar-refractivity contribution < 1.29 is 9.59 Å².